The molecule has 0 radical (unpaired) electrons. The number of hydrogen-bond acceptors (Lipinski definition) is 7. The molecular formula is C33H39N3O5. The van der Waals surface area contributed by atoms with Crippen LogP contribution in [0.1, 0.15) is 65.5 Å². The van der Waals surface area contributed by atoms with Crippen molar-refractivity contribution in [3.05, 3.63) is 88.4 Å². The maximum Gasteiger partial charge on any atom is 0.337 e. The minimum Gasteiger partial charge on any atom is -0.494 e. The molecule has 0 amide bonds. The zero-order valence-electron chi connectivity index (χ0n) is 25.1. The molecule has 0 atom stereocenters. The molecule has 8 nitrogen and oxygen atoms in total. The number of rotatable bonds is 9. The summed E-state index contributed by atoms with van der Waals surface area (Å²) in [4.78, 5) is 27.3. The number of ether oxygens (including phenoxy) is 3. The van der Waals surface area contributed by atoms with E-state index in [0.717, 1.165) is 22.6 Å². The molecule has 2 heterocycles. The van der Waals surface area contributed by atoms with Crippen molar-refractivity contribution in [1.82, 2.24) is 15.1 Å². The molecule has 216 valence electrons. The van der Waals surface area contributed by atoms with Crippen LogP contribution in [0, 0.1) is 6.92 Å². The number of aromatic nitrogens is 2. The number of dihydropyridines is 1. The maximum absolute atomic E-state index is 13.7. The molecule has 0 bridgehead atoms. The quantitative estimate of drug-likeness (QED) is 0.305. The van der Waals surface area contributed by atoms with Crippen LogP contribution in [-0.4, -0.2) is 40.5 Å². The fourth-order valence-corrected chi connectivity index (χ4v) is 5.05. The second kappa shape index (κ2) is 12.5. The first-order chi connectivity index (χ1) is 19.5. The molecule has 0 saturated carbocycles. The van der Waals surface area contributed by atoms with Crippen molar-refractivity contribution in [3.63, 3.8) is 0 Å². The number of nitrogens with zero attached hydrogens (tertiary/aromatic N) is 2. The standard InChI is InChI=1S/C33H39N3O5/c1-9-39-27-16-15-24(17-21(27)6)31-26(18-36(35-31)25-13-11-10-12-14-25)30-28(32(37)40-19(2)3)22(7)34-23(8)29(30)33(38)41-20(4)5/h10-20,30,34H,9H2,1-8H3. The molecule has 0 fully saturated rings. The van der Waals surface area contributed by atoms with Crippen molar-refractivity contribution in [2.45, 2.75) is 73.5 Å². The van der Waals surface area contributed by atoms with Gasteiger partial charge in [-0.2, -0.15) is 5.10 Å². The van der Waals surface area contributed by atoms with Crippen molar-refractivity contribution in [2.24, 2.45) is 0 Å². The van der Waals surface area contributed by atoms with Crippen LogP contribution in [0.25, 0.3) is 16.9 Å². The monoisotopic (exact) mass is 557 g/mol. The van der Waals surface area contributed by atoms with Gasteiger partial charge in [0.15, 0.2) is 0 Å². The molecule has 0 unspecified atom stereocenters. The van der Waals surface area contributed by atoms with E-state index in [-0.39, 0.29) is 12.2 Å². The Morgan fingerprint density at radius 2 is 1.49 bits per heavy atom. The zero-order chi connectivity index (χ0) is 29.8. The van der Waals surface area contributed by atoms with Crippen LogP contribution in [0.3, 0.4) is 0 Å². The number of para-hydroxylation sites is 1. The molecule has 1 N–H and O–H groups in total. The summed E-state index contributed by atoms with van der Waals surface area (Å²) in [6, 6.07) is 15.6. The third kappa shape index (κ3) is 6.37. The van der Waals surface area contributed by atoms with Gasteiger partial charge in [-0.3, -0.25) is 0 Å². The summed E-state index contributed by atoms with van der Waals surface area (Å²) in [5.41, 5.74) is 5.86. The second-order valence-corrected chi connectivity index (χ2v) is 10.7. The Balaban J connectivity index is 2.01. The molecule has 0 spiro atoms. The van der Waals surface area contributed by atoms with Gasteiger partial charge in [0.2, 0.25) is 0 Å². The number of esters is 2. The van der Waals surface area contributed by atoms with Gasteiger partial charge >= 0.3 is 11.9 Å². The summed E-state index contributed by atoms with van der Waals surface area (Å²) < 4.78 is 19.0. The Hall–Kier alpha value is -4.33. The average molecular weight is 558 g/mol. The smallest absolute Gasteiger partial charge is 0.337 e. The van der Waals surface area contributed by atoms with Gasteiger partial charge in [-0.15, -0.1) is 0 Å². The van der Waals surface area contributed by atoms with E-state index in [9.17, 15) is 9.59 Å². The van der Waals surface area contributed by atoms with E-state index in [1.165, 1.54) is 0 Å². The molecule has 2 aromatic carbocycles. The molecule has 1 aromatic heterocycles. The predicted molar refractivity (Wildman–Crippen MR) is 159 cm³/mol. The fourth-order valence-electron chi connectivity index (χ4n) is 5.05. The lowest BCUT2D eigenvalue weighted by atomic mass is 9.79. The summed E-state index contributed by atoms with van der Waals surface area (Å²) >= 11 is 0. The van der Waals surface area contributed by atoms with Crippen molar-refractivity contribution < 1.29 is 23.8 Å². The Kier molecular flexibility index (Phi) is 9.01. The van der Waals surface area contributed by atoms with E-state index >= 15 is 0 Å². The van der Waals surface area contributed by atoms with E-state index < -0.39 is 17.9 Å². The highest BCUT2D eigenvalue weighted by atomic mass is 16.5. The summed E-state index contributed by atoms with van der Waals surface area (Å²) in [6.07, 6.45) is 1.20. The summed E-state index contributed by atoms with van der Waals surface area (Å²) in [5, 5.41) is 8.24. The van der Waals surface area contributed by atoms with Gasteiger partial charge in [0.05, 0.1) is 47.3 Å². The second-order valence-electron chi connectivity index (χ2n) is 10.7. The maximum atomic E-state index is 13.7. The van der Waals surface area contributed by atoms with Gasteiger partial charge in [0, 0.05) is 28.7 Å². The molecule has 3 aromatic rings. The van der Waals surface area contributed by atoms with Gasteiger partial charge < -0.3 is 19.5 Å². The van der Waals surface area contributed by atoms with E-state index in [1.54, 1.807) is 32.4 Å². The molecule has 8 heteroatoms. The lowest BCUT2D eigenvalue weighted by Crippen LogP contribution is -2.33. The molecule has 4 rings (SSSR count). The number of carbonyl (C=O) groups is 2. The summed E-state index contributed by atoms with van der Waals surface area (Å²) in [7, 11) is 0. The Labute approximate surface area is 242 Å². The van der Waals surface area contributed by atoms with E-state index in [1.807, 2.05) is 82.4 Å². The highest BCUT2D eigenvalue weighted by molar-refractivity contribution is 6.00. The Bertz CT molecular complexity index is 1450. The Morgan fingerprint density at radius 1 is 0.902 bits per heavy atom. The van der Waals surface area contributed by atoms with Crippen LogP contribution >= 0.6 is 0 Å². The third-order valence-electron chi connectivity index (χ3n) is 6.71. The Morgan fingerprint density at radius 3 is 2.00 bits per heavy atom. The van der Waals surface area contributed by atoms with E-state index in [2.05, 4.69) is 5.32 Å². The summed E-state index contributed by atoms with van der Waals surface area (Å²) in [5.74, 6) is -0.999. The van der Waals surface area contributed by atoms with Gasteiger partial charge in [-0.05, 0) is 91.3 Å². The molecular weight excluding hydrogens is 518 g/mol. The van der Waals surface area contributed by atoms with Gasteiger partial charge in [-0.25, -0.2) is 14.3 Å². The minimum atomic E-state index is -0.784. The number of nitrogens with one attached hydrogen (secondary N) is 1. The summed E-state index contributed by atoms with van der Waals surface area (Å²) in [6.45, 7) is 15.3. The number of carbonyl (C=O) groups excluding carboxylic acids is 2. The number of hydrogen-bond donors (Lipinski definition) is 1. The first-order valence-corrected chi connectivity index (χ1v) is 14.0. The van der Waals surface area contributed by atoms with E-state index in [0.29, 0.717) is 40.4 Å². The molecule has 1 aliphatic rings. The van der Waals surface area contributed by atoms with Crippen molar-refractivity contribution in [2.75, 3.05) is 6.61 Å². The van der Waals surface area contributed by atoms with Crippen LogP contribution in [0.2, 0.25) is 0 Å². The highest BCUT2D eigenvalue weighted by Gasteiger charge is 2.41. The van der Waals surface area contributed by atoms with Crippen molar-refractivity contribution in [1.29, 1.82) is 0 Å². The van der Waals surface area contributed by atoms with Crippen LogP contribution in [0.5, 0.6) is 5.75 Å². The normalized spacial score (nSPS) is 14.0. The zero-order valence-corrected chi connectivity index (χ0v) is 25.1. The topological polar surface area (TPSA) is 91.7 Å². The highest BCUT2D eigenvalue weighted by Crippen LogP contribution is 2.44. The van der Waals surface area contributed by atoms with Crippen LogP contribution in [0.15, 0.2) is 77.3 Å². The average Bonchev–Trinajstić information content (AvgIpc) is 3.34. The number of aryl methyl sites for hydroxylation is 1. The molecule has 1 aliphatic heterocycles. The van der Waals surface area contributed by atoms with Gasteiger partial charge in [0.1, 0.15) is 5.75 Å². The third-order valence-corrected chi connectivity index (χ3v) is 6.71. The molecule has 0 aliphatic carbocycles. The van der Waals surface area contributed by atoms with Crippen LogP contribution < -0.4 is 10.1 Å². The number of allylic oxidation sites excluding steroid dienone is 2. The number of benzene rings is 2. The van der Waals surface area contributed by atoms with Crippen LogP contribution in [-0.2, 0) is 19.1 Å². The first-order valence-electron chi connectivity index (χ1n) is 14.0. The van der Waals surface area contributed by atoms with E-state index in [4.69, 9.17) is 19.3 Å². The molecule has 0 saturated heterocycles. The van der Waals surface area contributed by atoms with Crippen LogP contribution in [0.4, 0.5) is 0 Å². The van der Waals surface area contributed by atoms with Crippen molar-refractivity contribution >= 4 is 11.9 Å². The molecule has 41 heavy (non-hydrogen) atoms. The fraction of sp³-hybridized carbons (Fsp3) is 0.364. The largest absolute Gasteiger partial charge is 0.494 e. The lowest BCUT2D eigenvalue weighted by molar-refractivity contribution is -0.143. The lowest BCUT2D eigenvalue weighted by Gasteiger charge is -2.31. The SMILES string of the molecule is CCOc1ccc(-c2nn(-c3ccccc3)cc2C2C(C(=O)OC(C)C)=C(C)NC(C)=C2C(=O)OC(C)C)cc1C. The van der Waals surface area contributed by atoms with Crippen molar-refractivity contribution in [3.8, 4) is 22.7 Å². The minimum absolute atomic E-state index is 0.344. The first kappa shape index (κ1) is 29.6. The predicted octanol–water partition coefficient (Wildman–Crippen LogP) is 6.38. The van der Waals surface area contributed by atoms with Gasteiger partial charge in [-0.1, -0.05) is 18.2 Å². The van der Waals surface area contributed by atoms with Gasteiger partial charge in [0.25, 0.3) is 0 Å².